The van der Waals surface area contributed by atoms with Crippen molar-refractivity contribution in [2.24, 2.45) is 5.73 Å². The minimum atomic E-state index is 0.393. The second-order valence-electron chi connectivity index (χ2n) is 5.66. The van der Waals surface area contributed by atoms with Gasteiger partial charge in [0.1, 0.15) is 0 Å². The zero-order valence-corrected chi connectivity index (χ0v) is 15.1. The van der Waals surface area contributed by atoms with E-state index in [0.717, 1.165) is 60.8 Å². The van der Waals surface area contributed by atoms with Crippen molar-refractivity contribution in [1.29, 1.82) is 0 Å². The highest BCUT2D eigenvalue weighted by Gasteiger charge is 2.10. The summed E-state index contributed by atoms with van der Waals surface area (Å²) in [5.41, 5.74) is 8.55. The molecule has 0 aliphatic carbocycles. The highest BCUT2D eigenvalue weighted by molar-refractivity contribution is 9.10. The number of nitrogens with two attached hydrogens (primary N) is 1. The summed E-state index contributed by atoms with van der Waals surface area (Å²) in [6.45, 7) is 5.73. The van der Waals surface area contributed by atoms with Gasteiger partial charge in [-0.1, -0.05) is 28.1 Å². The Kier molecular flexibility index (Phi) is 6.14. The fourth-order valence-electron chi connectivity index (χ4n) is 2.60. The van der Waals surface area contributed by atoms with Gasteiger partial charge in [-0.15, -0.1) is 0 Å². The van der Waals surface area contributed by atoms with E-state index in [-0.39, 0.29) is 0 Å². The quantitative estimate of drug-likeness (QED) is 0.784. The smallest absolute Gasteiger partial charge is 0.223 e. The van der Waals surface area contributed by atoms with Gasteiger partial charge >= 0.3 is 0 Å². The predicted octanol–water partition coefficient (Wildman–Crippen LogP) is 2.11. The Labute approximate surface area is 150 Å². The Balaban J connectivity index is 1.68. The predicted molar refractivity (Wildman–Crippen MR) is 98.8 cm³/mol. The normalized spacial score (nSPS) is 15.4. The fraction of sp³-hybridized carbons (Fsp3) is 0.412. The molecule has 2 aromatic rings. The van der Waals surface area contributed by atoms with Crippen molar-refractivity contribution in [3.63, 3.8) is 0 Å². The zero-order chi connectivity index (χ0) is 16.8. The molecular formula is C17H22BrN5O. The second-order valence-corrected chi connectivity index (χ2v) is 6.58. The van der Waals surface area contributed by atoms with Gasteiger partial charge in [-0.3, -0.25) is 4.90 Å². The van der Waals surface area contributed by atoms with E-state index in [2.05, 4.69) is 36.1 Å². The van der Waals surface area contributed by atoms with Crippen molar-refractivity contribution in [1.82, 2.24) is 14.9 Å². The lowest BCUT2D eigenvalue weighted by molar-refractivity contribution is 0.0398. The number of nitrogens with zero attached hydrogens (tertiary/aromatic N) is 3. The number of rotatable bonds is 6. The third kappa shape index (κ3) is 4.73. The highest BCUT2D eigenvalue weighted by Crippen LogP contribution is 2.21. The Hall–Kier alpha value is -1.54. The van der Waals surface area contributed by atoms with Crippen molar-refractivity contribution in [2.75, 3.05) is 44.7 Å². The van der Waals surface area contributed by atoms with Crippen molar-refractivity contribution >= 4 is 21.9 Å². The second kappa shape index (κ2) is 8.53. The minimum absolute atomic E-state index is 0.393. The first-order valence-electron chi connectivity index (χ1n) is 8.12. The van der Waals surface area contributed by atoms with Crippen LogP contribution in [0.1, 0.15) is 5.69 Å². The van der Waals surface area contributed by atoms with Crippen molar-refractivity contribution in [3.8, 4) is 11.3 Å². The fourth-order valence-corrected chi connectivity index (χ4v) is 2.86. The molecule has 1 aromatic heterocycles. The summed E-state index contributed by atoms with van der Waals surface area (Å²) in [5.74, 6) is 0.629. The van der Waals surface area contributed by atoms with Crippen LogP contribution in [0.25, 0.3) is 11.3 Å². The van der Waals surface area contributed by atoms with Gasteiger partial charge in [-0.2, -0.15) is 0 Å². The number of hydrogen-bond acceptors (Lipinski definition) is 6. The molecule has 0 spiro atoms. The highest BCUT2D eigenvalue weighted by atomic mass is 79.9. The molecule has 1 aliphatic rings. The van der Waals surface area contributed by atoms with Crippen molar-refractivity contribution < 1.29 is 4.74 Å². The Bertz CT molecular complexity index is 659. The van der Waals surface area contributed by atoms with Gasteiger partial charge in [0.25, 0.3) is 0 Å². The summed E-state index contributed by atoms with van der Waals surface area (Å²) in [6.07, 6.45) is 0. The lowest BCUT2D eigenvalue weighted by Gasteiger charge is -2.26. The topological polar surface area (TPSA) is 76.3 Å². The van der Waals surface area contributed by atoms with Crippen LogP contribution in [0.3, 0.4) is 0 Å². The number of benzene rings is 1. The molecule has 0 atom stereocenters. The van der Waals surface area contributed by atoms with Crippen molar-refractivity contribution in [3.05, 3.63) is 40.5 Å². The van der Waals surface area contributed by atoms with E-state index in [1.165, 1.54) is 0 Å². The molecule has 24 heavy (non-hydrogen) atoms. The molecule has 0 unspecified atom stereocenters. The Morgan fingerprint density at radius 3 is 2.62 bits per heavy atom. The van der Waals surface area contributed by atoms with Gasteiger partial charge < -0.3 is 15.8 Å². The molecular weight excluding hydrogens is 370 g/mol. The van der Waals surface area contributed by atoms with E-state index in [1.54, 1.807) is 0 Å². The van der Waals surface area contributed by atoms with E-state index in [1.807, 2.05) is 30.3 Å². The van der Waals surface area contributed by atoms with Crippen LogP contribution in [0.2, 0.25) is 0 Å². The summed E-state index contributed by atoms with van der Waals surface area (Å²) >= 11 is 3.45. The van der Waals surface area contributed by atoms with Gasteiger partial charge in [0.15, 0.2) is 0 Å². The van der Waals surface area contributed by atoms with Crippen LogP contribution in [-0.4, -0.2) is 54.3 Å². The molecule has 0 amide bonds. The molecule has 1 aliphatic heterocycles. The maximum absolute atomic E-state index is 5.79. The SMILES string of the molecule is NCc1cc(-c2ccc(Br)cc2)nc(NCCN2CCOCC2)n1. The number of morpholine rings is 1. The molecule has 1 aromatic carbocycles. The molecule has 0 bridgehead atoms. The van der Waals surface area contributed by atoms with Crippen LogP contribution < -0.4 is 11.1 Å². The van der Waals surface area contributed by atoms with Crippen LogP contribution in [-0.2, 0) is 11.3 Å². The van der Waals surface area contributed by atoms with Crippen LogP contribution in [0.4, 0.5) is 5.95 Å². The van der Waals surface area contributed by atoms with Crippen LogP contribution in [0, 0.1) is 0 Å². The number of hydrogen-bond donors (Lipinski definition) is 2. The molecule has 1 fully saturated rings. The van der Waals surface area contributed by atoms with Gasteiger partial charge in [-0.25, -0.2) is 9.97 Å². The Morgan fingerprint density at radius 1 is 1.17 bits per heavy atom. The largest absolute Gasteiger partial charge is 0.379 e. The van der Waals surface area contributed by atoms with Gasteiger partial charge in [0.2, 0.25) is 5.95 Å². The van der Waals surface area contributed by atoms with E-state index < -0.39 is 0 Å². The molecule has 3 rings (SSSR count). The van der Waals surface area contributed by atoms with Gasteiger partial charge in [0.05, 0.1) is 24.6 Å². The third-order valence-corrected chi connectivity index (χ3v) is 4.47. The molecule has 7 heteroatoms. The van der Waals surface area contributed by atoms with Gasteiger partial charge in [-0.05, 0) is 18.2 Å². The lowest BCUT2D eigenvalue weighted by atomic mass is 10.1. The van der Waals surface area contributed by atoms with E-state index >= 15 is 0 Å². The third-order valence-electron chi connectivity index (χ3n) is 3.94. The standard InChI is InChI=1S/C17H22BrN5O/c18-14-3-1-13(2-4-14)16-11-15(12-19)21-17(22-16)20-5-6-23-7-9-24-10-8-23/h1-4,11H,5-10,12,19H2,(H,20,21,22). The Morgan fingerprint density at radius 2 is 1.92 bits per heavy atom. The maximum Gasteiger partial charge on any atom is 0.223 e. The van der Waals surface area contributed by atoms with E-state index in [0.29, 0.717) is 12.5 Å². The molecule has 2 heterocycles. The zero-order valence-electron chi connectivity index (χ0n) is 13.5. The van der Waals surface area contributed by atoms with Gasteiger partial charge in [0, 0.05) is 42.8 Å². The summed E-state index contributed by atoms with van der Waals surface area (Å²) in [4.78, 5) is 11.5. The van der Waals surface area contributed by atoms with Crippen LogP contribution >= 0.6 is 15.9 Å². The summed E-state index contributed by atoms with van der Waals surface area (Å²) in [7, 11) is 0. The first-order chi connectivity index (χ1) is 11.7. The minimum Gasteiger partial charge on any atom is -0.379 e. The number of halogens is 1. The van der Waals surface area contributed by atoms with Crippen LogP contribution in [0.5, 0.6) is 0 Å². The summed E-state index contributed by atoms with van der Waals surface area (Å²) in [5, 5.41) is 3.32. The summed E-state index contributed by atoms with van der Waals surface area (Å²) < 4.78 is 6.41. The van der Waals surface area contributed by atoms with Crippen molar-refractivity contribution in [2.45, 2.75) is 6.54 Å². The molecule has 128 valence electrons. The number of ether oxygens (including phenoxy) is 1. The van der Waals surface area contributed by atoms with E-state index in [9.17, 15) is 0 Å². The summed E-state index contributed by atoms with van der Waals surface area (Å²) in [6, 6.07) is 10.0. The average Bonchev–Trinajstić information content (AvgIpc) is 2.63. The monoisotopic (exact) mass is 391 g/mol. The molecule has 6 nitrogen and oxygen atoms in total. The molecule has 0 saturated carbocycles. The number of anilines is 1. The first kappa shape index (κ1) is 17.3. The molecule has 3 N–H and O–H groups in total. The molecule has 0 radical (unpaired) electrons. The lowest BCUT2D eigenvalue weighted by Crippen LogP contribution is -2.39. The van der Waals surface area contributed by atoms with Crippen LogP contribution in [0.15, 0.2) is 34.8 Å². The average molecular weight is 392 g/mol. The maximum atomic E-state index is 5.79. The number of nitrogens with one attached hydrogen (secondary N) is 1. The molecule has 1 saturated heterocycles. The number of aromatic nitrogens is 2. The first-order valence-corrected chi connectivity index (χ1v) is 8.92. The van der Waals surface area contributed by atoms with E-state index in [4.69, 9.17) is 10.5 Å².